The van der Waals surface area contributed by atoms with Crippen LogP contribution in [0.3, 0.4) is 0 Å². The van der Waals surface area contributed by atoms with E-state index in [-0.39, 0.29) is 0 Å². The Labute approximate surface area is 132 Å². The summed E-state index contributed by atoms with van der Waals surface area (Å²) in [5.74, 6) is -1.68. The fraction of sp³-hybridized carbons (Fsp3) is 0.250. The van der Waals surface area contributed by atoms with Gasteiger partial charge in [-0.2, -0.15) is 0 Å². The second-order valence-corrected chi connectivity index (χ2v) is 6.16. The second kappa shape index (κ2) is 7.78. The lowest BCUT2D eigenvalue weighted by Gasteiger charge is -2.08. The van der Waals surface area contributed by atoms with Crippen LogP contribution >= 0.6 is 23.4 Å². The van der Waals surface area contributed by atoms with Gasteiger partial charge in [0.1, 0.15) is 0 Å². The molecule has 0 saturated heterocycles. The van der Waals surface area contributed by atoms with Gasteiger partial charge in [0.25, 0.3) is 0 Å². The van der Waals surface area contributed by atoms with E-state index in [9.17, 15) is 8.78 Å². The highest BCUT2D eigenvalue weighted by molar-refractivity contribution is 7.99. The topological polar surface area (TPSA) is 12.0 Å². The molecule has 0 amide bonds. The first kappa shape index (κ1) is 16.3. The van der Waals surface area contributed by atoms with E-state index in [1.807, 2.05) is 18.2 Å². The number of benzene rings is 2. The third-order valence-corrected chi connectivity index (χ3v) is 4.22. The van der Waals surface area contributed by atoms with Crippen molar-refractivity contribution in [1.29, 1.82) is 0 Å². The Morgan fingerprint density at radius 1 is 1.05 bits per heavy atom. The van der Waals surface area contributed by atoms with Crippen LogP contribution in [0, 0.1) is 11.6 Å². The average Bonchev–Trinajstić information content (AvgIpc) is 2.45. The second-order valence-electron chi connectivity index (χ2n) is 4.61. The van der Waals surface area contributed by atoms with Crippen LogP contribution in [0.4, 0.5) is 8.78 Å². The Kier molecular flexibility index (Phi) is 6.03. The molecule has 0 unspecified atom stereocenters. The zero-order valence-corrected chi connectivity index (χ0v) is 13.2. The molecule has 1 N–H and O–H groups in total. The minimum atomic E-state index is -0.841. The number of rotatable bonds is 6. The maximum atomic E-state index is 13.2. The molecule has 2 aromatic rings. The van der Waals surface area contributed by atoms with Gasteiger partial charge in [-0.05, 0) is 48.9 Å². The fourth-order valence-electron chi connectivity index (χ4n) is 1.81. The molecule has 0 aromatic heterocycles. The summed E-state index contributed by atoms with van der Waals surface area (Å²) in [4.78, 5) is 1.53. The van der Waals surface area contributed by atoms with Crippen LogP contribution in [0.25, 0.3) is 0 Å². The molecule has 1 nitrogen and oxygen atoms in total. The van der Waals surface area contributed by atoms with Crippen molar-refractivity contribution in [1.82, 2.24) is 5.32 Å². The molecule has 0 bridgehead atoms. The summed E-state index contributed by atoms with van der Waals surface area (Å²) in [5, 5.41) is 3.96. The summed E-state index contributed by atoms with van der Waals surface area (Å²) in [6.07, 6.45) is 1.07. The van der Waals surface area contributed by atoms with Crippen LogP contribution < -0.4 is 5.32 Å². The van der Waals surface area contributed by atoms with Crippen molar-refractivity contribution in [2.75, 3.05) is 6.54 Å². The maximum absolute atomic E-state index is 13.2. The van der Waals surface area contributed by atoms with Gasteiger partial charge in [-0.3, -0.25) is 0 Å². The summed E-state index contributed by atoms with van der Waals surface area (Å²) in [6.45, 7) is 3.78. The summed E-state index contributed by atoms with van der Waals surface area (Å²) in [6, 6.07) is 9.59. The van der Waals surface area contributed by atoms with E-state index in [1.54, 1.807) is 6.07 Å². The van der Waals surface area contributed by atoms with Gasteiger partial charge < -0.3 is 5.32 Å². The number of nitrogens with one attached hydrogen (secondary N) is 1. The highest BCUT2D eigenvalue weighted by Gasteiger charge is 2.06. The Morgan fingerprint density at radius 2 is 1.76 bits per heavy atom. The Hall–Kier alpha value is -1.10. The number of halogens is 3. The molecular weight excluding hydrogens is 312 g/mol. The van der Waals surface area contributed by atoms with Crippen molar-refractivity contribution in [2.24, 2.45) is 0 Å². The van der Waals surface area contributed by atoms with Crippen LogP contribution in [0.1, 0.15) is 18.9 Å². The molecule has 112 valence electrons. The van der Waals surface area contributed by atoms with Gasteiger partial charge in [0.15, 0.2) is 11.6 Å². The predicted molar refractivity (Wildman–Crippen MR) is 83.9 cm³/mol. The van der Waals surface area contributed by atoms with Gasteiger partial charge in [0.05, 0.1) is 0 Å². The molecule has 0 saturated carbocycles. The molecule has 0 aliphatic rings. The van der Waals surface area contributed by atoms with Gasteiger partial charge in [-0.25, -0.2) is 8.78 Å². The van der Waals surface area contributed by atoms with E-state index in [2.05, 4.69) is 12.2 Å². The quantitative estimate of drug-likeness (QED) is 0.725. The summed E-state index contributed by atoms with van der Waals surface area (Å²) >= 11 is 7.59. The summed E-state index contributed by atoms with van der Waals surface area (Å²) in [5.41, 5.74) is 1.03. The summed E-state index contributed by atoms with van der Waals surface area (Å²) < 4.78 is 26.1. The van der Waals surface area contributed by atoms with Crippen molar-refractivity contribution in [3.05, 3.63) is 58.6 Å². The van der Waals surface area contributed by atoms with Crippen molar-refractivity contribution >= 4 is 23.4 Å². The molecule has 21 heavy (non-hydrogen) atoms. The molecule has 0 radical (unpaired) electrons. The monoisotopic (exact) mass is 327 g/mol. The highest BCUT2D eigenvalue weighted by Crippen LogP contribution is 2.31. The largest absolute Gasteiger partial charge is 0.313 e. The van der Waals surface area contributed by atoms with Crippen LogP contribution in [-0.2, 0) is 6.54 Å². The lowest BCUT2D eigenvalue weighted by Crippen LogP contribution is -2.13. The van der Waals surface area contributed by atoms with Gasteiger partial charge in [0.2, 0.25) is 0 Å². The van der Waals surface area contributed by atoms with Crippen molar-refractivity contribution in [3.8, 4) is 0 Å². The minimum absolute atomic E-state index is 0.641. The number of hydrogen-bond donors (Lipinski definition) is 1. The van der Waals surface area contributed by atoms with Crippen molar-refractivity contribution < 1.29 is 8.78 Å². The smallest absolute Gasteiger partial charge is 0.159 e. The van der Waals surface area contributed by atoms with Crippen molar-refractivity contribution in [3.63, 3.8) is 0 Å². The SMILES string of the molecule is CCCNCc1ccc(Sc2ccc(F)c(F)c2)cc1Cl. The average molecular weight is 328 g/mol. The molecule has 0 heterocycles. The van der Waals surface area contributed by atoms with E-state index in [1.165, 1.54) is 17.8 Å². The molecule has 2 rings (SSSR count). The maximum Gasteiger partial charge on any atom is 0.159 e. The lowest BCUT2D eigenvalue weighted by molar-refractivity contribution is 0.506. The van der Waals surface area contributed by atoms with Crippen molar-refractivity contribution in [2.45, 2.75) is 29.7 Å². The minimum Gasteiger partial charge on any atom is -0.313 e. The lowest BCUT2D eigenvalue weighted by atomic mass is 10.2. The van der Waals surface area contributed by atoms with Crippen LogP contribution in [-0.4, -0.2) is 6.54 Å². The Morgan fingerprint density at radius 3 is 2.43 bits per heavy atom. The normalized spacial score (nSPS) is 10.9. The zero-order valence-electron chi connectivity index (χ0n) is 11.6. The van der Waals surface area contributed by atoms with E-state index in [0.717, 1.165) is 36.0 Å². The first-order valence-corrected chi connectivity index (χ1v) is 7.91. The van der Waals surface area contributed by atoms with Crippen LogP contribution in [0.5, 0.6) is 0 Å². The Balaban J connectivity index is 2.07. The van der Waals surface area contributed by atoms with Gasteiger partial charge >= 0.3 is 0 Å². The van der Waals surface area contributed by atoms with Crippen LogP contribution in [0.15, 0.2) is 46.2 Å². The van der Waals surface area contributed by atoms with E-state index in [4.69, 9.17) is 11.6 Å². The first-order chi connectivity index (χ1) is 10.1. The number of hydrogen-bond acceptors (Lipinski definition) is 2. The van der Waals surface area contributed by atoms with Gasteiger partial charge in [0, 0.05) is 21.4 Å². The highest BCUT2D eigenvalue weighted by atomic mass is 35.5. The zero-order chi connectivity index (χ0) is 15.2. The summed E-state index contributed by atoms with van der Waals surface area (Å²) in [7, 11) is 0. The molecule has 5 heteroatoms. The van der Waals surface area contributed by atoms with E-state index >= 15 is 0 Å². The van der Waals surface area contributed by atoms with E-state index in [0.29, 0.717) is 9.92 Å². The van der Waals surface area contributed by atoms with Gasteiger partial charge in [-0.1, -0.05) is 36.4 Å². The third-order valence-electron chi connectivity index (χ3n) is 2.89. The molecule has 0 aliphatic heterocycles. The first-order valence-electron chi connectivity index (χ1n) is 6.72. The van der Waals surface area contributed by atoms with E-state index < -0.39 is 11.6 Å². The molecular formula is C16H16ClF2NS. The third kappa shape index (κ3) is 4.70. The molecule has 2 aromatic carbocycles. The molecule has 0 fully saturated rings. The van der Waals surface area contributed by atoms with Crippen LogP contribution in [0.2, 0.25) is 5.02 Å². The molecule has 0 spiro atoms. The molecule has 0 aliphatic carbocycles. The fourth-order valence-corrected chi connectivity index (χ4v) is 3.01. The van der Waals surface area contributed by atoms with Gasteiger partial charge in [-0.15, -0.1) is 0 Å². The Bertz CT molecular complexity index is 619. The molecule has 0 atom stereocenters. The standard InChI is InChI=1S/C16H16ClF2NS/c1-2-7-20-10-11-3-4-12(8-14(11)17)21-13-5-6-15(18)16(19)9-13/h3-6,8-9,20H,2,7,10H2,1H3. The predicted octanol–water partition coefficient (Wildman–Crippen LogP) is 5.27.